The molecular formula is C12H14BrN3O3. The number of nitrogens with one attached hydrogen (secondary N) is 1. The number of amides is 1. The van der Waals surface area contributed by atoms with Crippen molar-refractivity contribution in [1.29, 1.82) is 0 Å². The quantitative estimate of drug-likeness (QED) is 0.882. The third-order valence-electron chi connectivity index (χ3n) is 2.67. The molecule has 102 valence electrons. The van der Waals surface area contributed by atoms with Crippen LogP contribution in [-0.4, -0.2) is 34.4 Å². The summed E-state index contributed by atoms with van der Waals surface area (Å²) in [5.41, 5.74) is 1.83. The molecule has 1 aromatic carbocycles. The second-order valence-corrected chi connectivity index (χ2v) is 4.90. The van der Waals surface area contributed by atoms with E-state index in [4.69, 9.17) is 9.84 Å². The highest BCUT2D eigenvalue weighted by Gasteiger charge is 2.11. The van der Waals surface area contributed by atoms with E-state index in [2.05, 4.69) is 26.2 Å². The number of rotatable bonds is 5. The standard InChI is InChI=1S/C12H14BrN3O3/c1-19-7-16-10-3-2-8(13)6-9(10)15-11(16)4-5-14-12(17)18/h2-3,6,14H,4-5,7H2,1H3,(H,17,18). The topological polar surface area (TPSA) is 76.4 Å². The van der Waals surface area contributed by atoms with Gasteiger partial charge in [0.2, 0.25) is 0 Å². The third kappa shape index (κ3) is 3.24. The number of hydrogen-bond donors (Lipinski definition) is 2. The van der Waals surface area contributed by atoms with Crippen molar-refractivity contribution in [3.63, 3.8) is 0 Å². The lowest BCUT2D eigenvalue weighted by Gasteiger charge is -2.07. The Morgan fingerprint density at radius 1 is 1.58 bits per heavy atom. The Kier molecular flexibility index (Phi) is 4.39. The predicted octanol–water partition coefficient (Wildman–Crippen LogP) is 2.21. The fraction of sp³-hybridized carbons (Fsp3) is 0.333. The zero-order valence-electron chi connectivity index (χ0n) is 10.4. The van der Waals surface area contributed by atoms with E-state index in [0.717, 1.165) is 21.3 Å². The Balaban J connectivity index is 2.30. The van der Waals surface area contributed by atoms with Crippen molar-refractivity contribution in [2.24, 2.45) is 0 Å². The maximum atomic E-state index is 10.4. The van der Waals surface area contributed by atoms with E-state index in [1.54, 1.807) is 7.11 Å². The fourth-order valence-corrected chi connectivity index (χ4v) is 2.25. The molecule has 2 N–H and O–H groups in total. The summed E-state index contributed by atoms with van der Waals surface area (Å²) >= 11 is 3.41. The lowest BCUT2D eigenvalue weighted by molar-refractivity contribution is 0.132. The van der Waals surface area contributed by atoms with E-state index in [1.807, 2.05) is 22.8 Å². The van der Waals surface area contributed by atoms with Crippen molar-refractivity contribution in [2.75, 3.05) is 13.7 Å². The minimum Gasteiger partial charge on any atom is -0.465 e. The first-order chi connectivity index (χ1) is 9.11. The molecule has 7 heteroatoms. The van der Waals surface area contributed by atoms with Crippen molar-refractivity contribution >= 4 is 33.1 Å². The molecule has 0 radical (unpaired) electrons. The minimum atomic E-state index is -1.03. The Morgan fingerprint density at radius 2 is 2.37 bits per heavy atom. The molecule has 0 atom stereocenters. The highest BCUT2D eigenvalue weighted by Crippen LogP contribution is 2.21. The van der Waals surface area contributed by atoms with Crippen LogP contribution >= 0.6 is 15.9 Å². The molecule has 1 heterocycles. The molecular weight excluding hydrogens is 314 g/mol. The van der Waals surface area contributed by atoms with Crippen LogP contribution in [0, 0.1) is 0 Å². The van der Waals surface area contributed by atoms with Gasteiger partial charge in [0.05, 0.1) is 11.0 Å². The number of imidazole rings is 1. The van der Waals surface area contributed by atoms with Gasteiger partial charge in [-0.15, -0.1) is 0 Å². The molecule has 0 aliphatic carbocycles. The number of carboxylic acid groups (broad SMARTS) is 1. The van der Waals surface area contributed by atoms with Crippen LogP contribution in [0.4, 0.5) is 4.79 Å². The number of aromatic nitrogens is 2. The minimum absolute atomic E-state index is 0.323. The molecule has 0 aliphatic rings. The molecule has 0 fully saturated rings. The van der Waals surface area contributed by atoms with Crippen LogP contribution in [0.25, 0.3) is 11.0 Å². The molecule has 0 unspecified atom stereocenters. The monoisotopic (exact) mass is 327 g/mol. The molecule has 1 aromatic heterocycles. The SMILES string of the molecule is COCn1c(CCNC(=O)O)nc2cc(Br)ccc21. The van der Waals surface area contributed by atoms with Crippen LogP contribution in [0.15, 0.2) is 22.7 Å². The largest absolute Gasteiger partial charge is 0.465 e. The van der Waals surface area contributed by atoms with Gasteiger partial charge in [-0.05, 0) is 18.2 Å². The van der Waals surface area contributed by atoms with Gasteiger partial charge >= 0.3 is 6.09 Å². The van der Waals surface area contributed by atoms with E-state index in [1.165, 1.54) is 0 Å². The lowest BCUT2D eigenvalue weighted by atomic mass is 10.3. The van der Waals surface area contributed by atoms with Crippen molar-refractivity contribution in [3.05, 3.63) is 28.5 Å². The van der Waals surface area contributed by atoms with Gasteiger partial charge in [-0.25, -0.2) is 9.78 Å². The number of benzene rings is 1. The van der Waals surface area contributed by atoms with Gasteiger partial charge in [0.1, 0.15) is 12.6 Å². The van der Waals surface area contributed by atoms with Gasteiger partial charge in [0, 0.05) is 24.5 Å². The summed E-state index contributed by atoms with van der Waals surface area (Å²) < 4.78 is 8.06. The van der Waals surface area contributed by atoms with Crippen LogP contribution in [0.3, 0.4) is 0 Å². The number of hydrogen-bond acceptors (Lipinski definition) is 3. The number of ether oxygens (including phenoxy) is 1. The highest BCUT2D eigenvalue weighted by molar-refractivity contribution is 9.10. The first kappa shape index (κ1) is 13.8. The number of halogens is 1. The summed E-state index contributed by atoms with van der Waals surface area (Å²) in [5, 5.41) is 10.9. The zero-order valence-corrected chi connectivity index (χ0v) is 12.0. The third-order valence-corrected chi connectivity index (χ3v) is 3.17. The van der Waals surface area contributed by atoms with Crippen LogP contribution in [0.2, 0.25) is 0 Å². The van der Waals surface area contributed by atoms with Crippen LogP contribution in [0.1, 0.15) is 5.82 Å². The van der Waals surface area contributed by atoms with E-state index in [-0.39, 0.29) is 0 Å². The summed E-state index contributed by atoms with van der Waals surface area (Å²) in [4.78, 5) is 15.0. The smallest absolute Gasteiger partial charge is 0.404 e. The molecule has 0 saturated carbocycles. The number of nitrogens with zero attached hydrogens (tertiary/aromatic N) is 2. The molecule has 2 rings (SSSR count). The molecule has 0 bridgehead atoms. The Bertz CT molecular complexity index is 597. The summed E-state index contributed by atoms with van der Waals surface area (Å²) in [6.45, 7) is 0.712. The average Bonchev–Trinajstić information content (AvgIpc) is 2.67. The Labute approximate surface area is 118 Å². The Morgan fingerprint density at radius 3 is 3.05 bits per heavy atom. The van der Waals surface area contributed by atoms with Gasteiger partial charge in [-0.2, -0.15) is 0 Å². The summed E-state index contributed by atoms with van der Waals surface area (Å²) in [7, 11) is 1.62. The summed E-state index contributed by atoms with van der Waals surface area (Å²) in [5.74, 6) is 0.795. The first-order valence-electron chi connectivity index (χ1n) is 5.72. The lowest BCUT2D eigenvalue weighted by Crippen LogP contribution is -2.24. The normalized spacial score (nSPS) is 10.8. The van der Waals surface area contributed by atoms with E-state index < -0.39 is 6.09 Å². The molecule has 1 amide bonds. The Hall–Kier alpha value is -1.60. The summed E-state index contributed by atoms with van der Waals surface area (Å²) in [6.07, 6.45) is -0.515. The van der Waals surface area contributed by atoms with Crippen molar-refractivity contribution in [3.8, 4) is 0 Å². The van der Waals surface area contributed by atoms with Gasteiger partial charge in [-0.1, -0.05) is 15.9 Å². The summed E-state index contributed by atoms with van der Waals surface area (Å²) in [6, 6.07) is 5.82. The van der Waals surface area contributed by atoms with E-state index in [0.29, 0.717) is 19.7 Å². The van der Waals surface area contributed by atoms with Crippen molar-refractivity contribution in [2.45, 2.75) is 13.2 Å². The zero-order chi connectivity index (χ0) is 13.8. The van der Waals surface area contributed by atoms with Gasteiger partial charge in [0.15, 0.2) is 0 Å². The maximum absolute atomic E-state index is 10.4. The second-order valence-electron chi connectivity index (χ2n) is 3.99. The number of carbonyl (C=O) groups is 1. The highest BCUT2D eigenvalue weighted by atomic mass is 79.9. The van der Waals surface area contributed by atoms with Gasteiger partial charge < -0.3 is 19.7 Å². The van der Waals surface area contributed by atoms with E-state index in [9.17, 15) is 4.79 Å². The van der Waals surface area contributed by atoms with Crippen molar-refractivity contribution in [1.82, 2.24) is 14.9 Å². The average molecular weight is 328 g/mol. The van der Waals surface area contributed by atoms with Crippen molar-refractivity contribution < 1.29 is 14.6 Å². The van der Waals surface area contributed by atoms with Crippen LogP contribution in [-0.2, 0) is 17.9 Å². The number of methoxy groups -OCH3 is 1. The fourth-order valence-electron chi connectivity index (χ4n) is 1.90. The maximum Gasteiger partial charge on any atom is 0.404 e. The molecule has 19 heavy (non-hydrogen) atoms. The molecule has 0 saturated heterocycles. The molecule has 6 nitrogen and oxygen atoms in total. The first-order valence-corrected chi connectivity index (χ1v) is 6.51. The van der Waals surface area contributed by atoms with Crippen LogP contribution < -0.4 is 5.32 Å². The molecule has 0 spiro atoms. The molecule has 0 aliphatic heterocycles. The second kappa shape index (κ2) is 6.03. The van der Waals surface area contributed by atoms with Crippen LogP contribution in [0.5, 0.6) is 0 Å². The number of fused-ring (bicyclic) bond motifs is 1. The predicted molar refractivity (Wildman–Crippen MR) is 74.2 cm³/mol. The van der Waals surface area contributed by atoms with Gasteiger partial charge in [-0.3, -0.25) is 0 Å². The molecule has 2 aromatic rings. The van der Waals surface area contributed by atoms with Gasteiger partial charge in [0.25, 0.3) is 0 Å². The van der Waals surface area contributed by atoms with E-state index >= 15 is 0 Å².